The van der Waals surface area contributed by atoms with Crippen molar-refractivity contribution in [2.45, 2.75) is 43.7 Å². The molecule has 10 heteroatoms. The Kier molecular flexibility index (Phi) is 4.82. The van der Waals surface area contributed by atoms with E-state index in [0.29, 0.717) is 0 Å². The SMILES string of the molecule is COC(=O)C12CCC(n3cc(-n4ncc5cc(Cl)c(N6CCN(C7(C)COC7)CC6)cc54)cn3)(C1)C2. The van der Waals surface area contributed by atoms with Crippen LogP contribution in [0.15, 0.2) is 30.7 Å². The first kappa shape index (κ1) is 22.6. The van der Waals surface area contributed by atoms with Gasteiger partial charge in [0.15, 0.2) is 0 Å². The lowest BCUT2D eigenvalue weighted by molar-refractivity contribution is -0.160. The largest absolute Gasteiger partial charge is 0.469 e. The lowest BCUT2D eigenvalue weighted by atomic mass is 9.65. The topological polar surface area (TPSA) is 77.7 Å². The molecular formula is C26H31ClN6O3. The van der Waals surface area contributed by atoms with Crippen molar-refractivity contribution >= 4 is 34.2 Å². The first-order valence-corrected chi connectivity index (χ1v) is 13.1. The summed E-state index contributed by atoms with van der Waals surface area (Å²) in [5.41, 5.74) is 2.73. The number of aromatic nitrogens is 4. The molecule has 0 N–H and O–H groups in total. The van der Waals surface area contributed by atoms with E-state index < -0.39 is 0 Å². The van der Waals surface area contributed by atoms with Crippen LogP contribution in [-0.4, -0.2) is 82.5 Å². The van der Waals surface area contributed by atoms with Gasteiger partial charge in [-0.25, -0.2) is 4.68 Å². The molecule has 0 spiro atoms. The number of ether oxygens (including phenoxy) is 2. The van der Waals surface area contributed by atoms with Gasteiger partial charge in [-0.1, -0.05) is 11.6 Å². The van der Waals surface area contributed by atoms with Gasteiger partial charge in [0.25, 0.3) is 0 Å². The van der Waals surface area contributed by atoms with E-state index in [1.54, 1.807) is 0 Å². The second-order valence-corrected chi connectivity index (χ2v) is 11.8. The maximum atomic E-state index is 12.3. The van der Waals surface area contributed by atoms with Crippen molar-refractivity contribution in [3.8, 4) is 5.69 Å². The number of hydrogen-bond acceptors (Lipinski definition) is 7. The fraction of sp³-hybridized carbons (Fsp3) is 0.577. The Bertz CT molecular complexity index is 1350. The lowest BCUT2D eigenvalue weighted by Gasteiger charge is -2.50. The number of hydrogen-bond donors (Lipinski definition) is 0. The zero-order valence-electron chi connectivity index (χ0n) is 20.7. The number of piperazine rings is 1. The van der Waals surface area contributed by atoms with E-state index in [1.165, 1.54) is 7.11 Å². The highest BCUT2D eigenvalue weighted by Crippen LogP contribution is 2.65. The van der Waals surface area contributed by atoms with Gasteiger partial charge >= 0.3 is 5.97 Å². The molecule has 4 heterocycles. The number of carbonyl (C=O) groups is 1. The Morgan fingerprint density at radius 2 is 1.86 bits per heavy atom. The summed E-state index contributed by atoms with van der Waals surface area (Å²) in [6, 6.07) is 4.17. The Labute approximate surface area is 214 Å². The average Bonchev–Trinajstić information content (AvgIpc) is 3.63. The molecule has 0 unspecified atom stereocenters. The molecule has 1 aromatic carbocycles. The van der Waals surface area contributed by atoms with Crippen LogP contribution in [0.4, 0.5) is 5.69 Å². The zero-order valence-corrected chi connectivity index (χ0v) is 21.5. The highest BCUT2D eigenvalue weighted by atomic mass is 35.5. The summed E-state index contributed by atoms with van der Waals surface area (Å²) in [5, 5.41) is 11.1. The van der Waals surface area contributed by atoms with Crippen LogP contribution in [0, 0.1) is 5.41 Å². The van der Waals surface area contributed by atoms with Crippen LogP contribution in [0.5, 0.6) is 0 Å². The molecule has 5 aliphatic rings. The van der Waals surface area contributed by atoms with Crippen LogP contribution < -0.4 is 4.90 Å². The first-order chi connectivity index (χ1) is 17.3. The number of nitrogens with zero attached hydrogens (tertiary/aromatic N) is 6. The Hall–Kier alpha value is -2.62. The van der Waals surface area contributed by atoms with E-state index in [1.807, 2.05) is 27.8 Å². The van der Waals surface area contributed by atoms with Gasteiger partial charge in [0.05, 0.1) is 71.6 Å². The highest BCUT2D eigenvalue weighted by molar-refractivity contribution is 6.34. The minimum atomic E-state index is -0.321. The number of esters is 1. The number of rotatable bonds is 5. The lowest BCUT2D eigenvalue weighted by Crippen LogP contribution is -2.64. The molecule has 2 bridgehead atoms. The third kappa shape index (κ3) is 3.12. The molecule has 3 saturated carbocycles. The van der Waals surface area contributed by atoms with E-state index >= 15 is 0 Å². The number of benzene rings is 1. The van der Waals surface area contributed by atoms with E-state index in [2.05, 4.69) is 34.1 Å². The van der Waals surface area contributed by atoms with E-state index in [-0.39, 0.29) is 22.5 Å². The smallest absolute Gasteiger partial charge is 0.311 e. The molecule has 2 saturated heterocycles. The van der Waals surface area contributed by atoms with Crippen molar-refractivity contribution in [1.82, 2.24) is 24.5 Å². The third-order valence-corrected chi connectivity index (χ3v) is 9.47. The summed E-state index contributed by atoms with van der Waals surface area (Å²) in [6.45, 7) is 7.77. The van der Waals surface area contributed by atoms with Crippen LogP contribution >= 0.6 is 11.6 Å². The molecule has 190 valence electrons. The van der Waals surface area contributed by atoms with Crippen molar-refractivity contribution in [3.05, 3.63) is 35.7 Å². The molecule has 2 aliphatic heterocycles. The van der Waals surface area contributed by atoms with Gasteiger partial charge < -0.3 is 14.4 Å². The van der Waals surface area contributed by atoms with Gasteiger partial charge in [-0.15, -0.1) is 0 Å². The molecule has 5 fully saturated rings. The van der Waals surface area contributed by atoms with Gasteiger partial charge in [-0.05, 0) is 44.7 Å². The van der Waals surface area contributed by atoms with Crippen LogP contribution in [0.25, 0.3) is 16.6 Å². The number of halogens is 1. The van der Waals surface area contributed by atoms with E-state index in [0.717, 1.165) is 92.4 Å². The summed E-state index contributed by atoms with van der Waals surface area (Å²) < 4.78 is 14.5. The number of fused-ring (bicyclic) bond motifs is 2. The number of carbonyl (C=O) groups excluding carboxylic acids is 1. The predicted octanol–water partition coefficient (Wildman–Crippen LogP) is 3.23. The minimum absolute atomic E-state index is 0.0820. The molecule has 0 radical (unpaired) electrons. The summed E-state index contributed by atoms with van der Waals surface area (Å²) in [7, 11) is 1.48. The monoisotopic (exact) mass is 510 g/mol. The summed E-state index contributed by atoms with van der Waals surface area (Å²) in [6.07, 6.45) is 9.19. The highest BCUT2D eigenvalue weighted by Gasteiger charge is 2.66. The molecular weight excluding hydrogens is 480 g/mol. The Balaban J connectivity index is 1.14. The maximum Gasteiger partial charge on any atom is 0.311 e. The van der Waals surface area contributed by atoms with Gasteiger partial charge in [-0.2, -0.15) is 10.2 Å². The number of methoxy groups -OCH3 is 1. The Morgan fingerprint density at radius 3 is 2.56 bits per heavy atom. The third-order valence-electron chi connectivity index (χ3n) is 9.17. The quantitative estimate of drug-likeness (QED) is 0.488. The first-order valence-electron chi connectivity index (χ1n) is 12.7. The second-order valence-electron chi connectivity index (χ2n) is 11.4. The van der Waals surface area contributed by atoms with Gasteiger partial charge in [-0.3, -0.25) is 14.4 Å². The Morgan fingerprint density at radius 1 is 1.08 bits per heavy atom. The van der Waals surface area contributed by atoms with Gasteiger partial charge in [0, 0.05) is 31.6 Å². The summed E-state index contributed by atoms with van der Waals surface area (Å²) in [4.78, 5) is 17.2. The van der Waals surface area contributed by atoms with E-state index in [9.17, 15) is 4.79 Å². The fourth-order valence-electron chi connectivity index (χ4n) is 7.01. The normalized spacial score (nSPS) is 29.2. The van der Waals surface area contributed by atoms with E-state index in [4.69, 9.17) is 26.2 Å². The van der Waals surface area contributed by atoms with Crippen molar-refractivity contribution in [2.75, 3.05) is 51.4 Å². The van der Waals surface area contributed by atoms with Crippen molar-refractivity contribution in [3.63, 3.8) is 0 Å². The van der Waals surface area contributed by atoms with Crippen LogP contribution in [0.1, 0.15) is 32.6 Å². The standard InChI is InChI=1S/C26H31ClN6O3/c1-24(16-36-17-24)31-7-5-30(6-8-31)22-10-21-18(9-20(22)27)11-29-33(21)19-12-28-32(13-19)26-4-3-25(14-26,15-26)23(34)35-2/h9-13H,3-8,14-17H2,1-2H3. The van der Waals surface area contributed by atoms with Crippen LogP contribution in [0.2, 0.25) is 5.02 Å². The van der Waals surface area contributed by atoms with Gasteiger partial charge in [0.2, 0.25) is 0 Å². The van der Waals surface area contributed by atoms with Gasteiger partial charge in [0.1, 0.15) is 5.69 Å². The minimum Gasteiger partial charge on any atom is -0.469 e. The average molecular weight is 511 g/mol. The zero-order chi connectivity index (χ0) is 24.7. The molecule has 9 nitrogen and oxygen atoms in total. The van der Waals surface area contributed by atoms with Crippen LogP contribution in [0.3, 0.4) is 0 Å². The van der Waals surface area contributed by atoms with Crippen molar-refractivity contribution in [1.29, 1.82) is 0 Å². The summed E-state index contributed by atoms with van der Waals surface area (Å²) >= 11 is 6.75. The van der Waals surface area contributed by atoms with Crippen molar-refractivity contribution < 1.29 is 14.3 Å². The predicted molar refractivity (Wildman–Crippen MR) is 136 cm³/mol. The second kappa shape index (κ2) is 7.69. The molecule has 3 aromatic rings. The number of anilines is 1. The molecule has 3 aliphatic carbocycles. The fourth-order valence-corrected chi connectivity index (χ4v) is 7.30. The molecule has 2 aromatic heterocycles. The van der Waals surface area contributed by atoms with Crippen molar-refractivity contribution in [2.24, 2.45) is 5.41 Å². The molecule has 0 amide bonds. The molecule has 0 atom stereocenters. The van der Waals surface area contributed by atoms with Crippen LogP contribution in [-0.2, 0) is 19.8 Å². The maximum absolute atomic E-state index is 12.3. The summed E-state index contributed by atoms with van der Waals surface area (Å²) in [5.74, 6) is -0.0820. The molecule has 36 heavy (non-hydrogen) atoms. The molecule has 8 rings (SSSR count).